The molecular weight excluding hydrogens is 226 g/mol. The van der Waals surface area contributed by atoms with Crippen molar-refractivity contribution in [2.75, 3.05) is 18.0 Å². The van der Waals surface area contributed by atoms with E-state index in [2.05, 4.69) is 19.9 Å². The zero-order valence-corrected chi connectivity index (χ0v) is 10.4. The molecule has 0 N–H and O–H groups in total. The largest absolute Gasteiger partial charge is 0.356 e. The molecule has 2 aromatic heterocycles. The van der Waals surface area contributed by atoms with Gasteiger partial charge in [-0.15, -0.1) is 0 Å². The molecule has 0 unspecified atom stereocenters. The maximum atomic E-state index is 4.40. The van der Waals surface area contributed by atoms with Gasteiger partial charge < -0.3 is 4.90 Å². The van der Waals surface area contributed by atoms with E-state index in [1.54, 1.807) is 18.9 Å². The first kappa shape index (κ1) is 11.2. The molecule has 1 fully saturated rings. The fourth-order valence-electron chi connectivity index (χ4n) is 2.35. The van der Waals surface area contributed by atoms with E-state index in [1.165, 1.54) is 25.7 Å². The lowest BCUT2D eigenvalue weighted by Crippen LogP contribution is -2.25. The highest BCUT2D eigenvalue weighted by atomic mass is 15.2. The minimum absolute atomic E-state index is 0.877. The molecule has 5 nitrogen and oxygen atoms in total. The van der Waals surface area contributed by atoms with E-state index in [1.807, 2.05) is 16.8 Å². The Balaban J connectivity index is 1.86. The monoisotopic (exact) mass is 243 g/mol. The molecule has 0 atom stereocenters. The Morgan fingerprint density at radius 3 is 2.44 bits per heavy atom. The number of nitrogens with zero attached hydrogens (tertiary/aromatic N) is 5. The molecule has 0 aromatic carbocycles. The lowest BCUT2D eigenvalue weighted by atomic mass is 10.2. The van der Waals surface area contributed by atoms with Crippen LogP contribution in [0.2, 0.25) is 0 Å². The summed E-state index contributed by atoms with van der Waals surface area (Å²) >= 11 is 0. The normalized spacial score (nSPS) is 16.6. The summed E-state index contributed by atoms with van der Waals surface area (Å²) in [5.74, 6) is 1.90. The Hall–Kier alpha value is -1.91. The van der Waals surface area contributed by atoms with E-state index in [0.29, 0.717) is 0 Å². The van der Waals surface area contributed by atoms with Crippen molar-refractivity contribution >= 4 is 5.82 Å². The van der Waals surface area contributed by atoms with Gasteiger partial charge in [0.25, 0.3) is 0 Å². The van der Waals surface area contributed by atoms with Crippen molar-refractivity contribution in [2.45, 2.75) is 25.7 Å². The van der Waals surface area contributed by atoms with Crippen molar-refractivity contribution in [3.8, 4) is 5.82 Å². The molecule has 0 bridgehead atoms. The standard InChI is InChI=1S/C13H17N5/c1-2-4-7-17(6-3-1)12-9-13(16-10-15-12)18-8-5-14-11-18/h5,8-11H,1-4,6-7H2. The van der Waals surface area contributed by atoms with Gasteiger partial charge in [-0.25, -0.2) is 15.0 Å². The van der Waals surface area contributed by atoms with Crippen molar-refractivity contribution in [1.29, 1.82) is 0 Å². The summed E-state index contributed by atoms with van der Waals surface area (Å²) in [6.45, 7) is 2.20. The second-order valence-electron chi connectivity index (χ2n) is 4.61. The molecule has 1 saturated heterocycles. The first-order valence-corrected chi connectivity index (χ1v) is 6.49. The Labute approximate surface area is 107 Å². The predicted molar refractivity (Wildman–Crippen MR) is 69.8 cm³/mol. The Morgan fingerprint density at radius 2 is 1.72 bits per heavy atom. The summed E-state index contributed by atoms with van der Waals surface area (Å²) in [5.41, 5.74) is 0. The molecule has 0 spiro atoms. The summed E-state index contributed by atoms with van der Waals surface area (Å²) in [7, 11) is 0. The van der Waals surface area contributed by atoms with Crippen molar-refractivity contribution in [3.63, 3.8) is 0 Å². The first-order chi connectivity index (χ1) is 8.93. The number of aromatic nitrogens is 4. The second kappa shape index (κ2) is 5.16. The van der Waals surface area contributed by atoms with Crippen molar-refractivity contribution in [1.82, 2.24) is 19.5 Å². The Morgan fingerprint density at radius 1 is 0.944 bits per heavy atom. The van der Waals surface area contributed by atoms with Gasteiger partial charge in [0.15, 0.2) is 0 Å². The minimum atomic E-state index is 0.877. The summed E-state index contributed by atoms with van der Waals surface area (Å²) < 4.78 is 1.91. The van der Waals surface area contributed by atoms with E-state index in [0.717, 1.165) is 24.7 Å². The molecule has 18 heavy (non-hydrogen) atoms. The van der Waals surface area contributed by atoms with Crippen LogP contribution in [0.4, 0.5) is 5.82 Å². The van der Waals surface area contributed by atoms with Crippen LogP contribution in [-0.4, -0.2) is 32.6 Å². The number of hydrogen-bond donors (Lipinski definition) is 0. The van der Waals surface area contributed by atoms with Crippen LogP contribution in [0.3, 0.4) is 0 Å². The molecule has 0 saturated carbocycles. The Bertz CT molecular complexity index is 486. The van der Waals surface area contributed by atoms with Gasteiger partial charge in [0, 0.05) is 31.5 Å². The summed E-state index contributed by atoms with van der Waals surface area (Å²) in [6, 6.07) is 2.03. The molecule has 1 aliphatic rings. The molecule has 2 aromatic rings. The minimum Gasteiger partial charge on any atom is -0.356 e. The highest BCUT2D eigenvalue weighted by molar-refractivity contribution is 5.43. The molecule has 0 amide bonds. The number of rotatable bonds is 2. The third-order valence-electron chi connectivity index (χ3n) is 3.34. The zero-order chi connectivity index (χ0) is 12.2. The fraction of sp³-hybridized carbons (Fsp3) is 0.462. The van der Waals surface area contributed by atoms with Crippen LogP contribution >= 0.6 is 0 Å². The summed E-state index contributed by atoms with van der Waals surface area (Å²) in [4.78, 5) is 15.1. The van der Waals surface area contributed by atoms with Crippen molar-refractivity contribution in [2.24, 2.45) is 0 Å². The zero-order valence-electron chi connectivity index (χ0n) is 10.4. The van der Waals surface area contributed by atoms with Crippen LogP contribution in [0, 0.1) is 0 Å². The van der Waals surface area contributed by atoms with Gasteiger partial charge in [-0.2, -0.15) is 0 Å². The average molecular weight is 243 g/mol. The summed E-state index contributed by atoms with van der Waals surface area (Å²) in [5, 5.41) is 0. The van der Waals surface area contributed by atoms with Gasteiger partial charge in [0.05, 0.1) is 0 Å². The second-order valence-corrected chi connectivity index (χ2v) is 4.61. The lowest BCUT2D eigenvalue weighted by molar-refractivity contribution is 0.726. The van der Waals surface area contributed by atoms with Gasteiger partial charge in [-0.05, 0) is 12.8 Å². The highest BCUT2D eigenvalue weighted by Crippen LogP contribution is 2.18. The van der Waals surface area contributed by atoms with Crippen LogP contribution in [0.5, 0.6) is 0 Å². The van der Waals surface area contributed by atoms with Gasteiger partial charge in [-0.1, -0.05) is 12.8 Å². The molecule has 0 aliphatic carbocycles. The third-order valence-corrected chi connectivity index (χ3v) is 3.34. The lowest BCUT2D eigenvalue weighted by Gasteiger charge is -2.21. The molecular formula is C13H17N5. The SMILES string of the molecule is c1cn(-c2cc(N3CCCCCC3)ncn2)cn1. The molecule has 0 radical (unpaired) electrons. The van der Waals surface area contributed by atoms with Gasteiger partial charge in [0.2, 0.25) is 0 Å². The smallest absolute Gasteiger partial charge is 0.143 e. The molecule has 5 heteroatoms. The number of hydrogen-bond acceptors (Lipinski definition) is 4. The quantitative estimate of drug-likeness (QED) is 0.810. The van der Waals surface area contributed by atoms with Gasteiger partial charge in [-0.3, -0.25) is 4.57 Å². The maximum Gasteiger partial charge on any atom is 0.143 e. The van der Waals surface area contributed by atoms with Crippen LogP contribution in [0.15, 0.2) is 31.1 Å². The highest BCUT2D eigenvalue weighted by Gasteiger charge is 2.12. The van der Waals surface area contributed by atoms with Gasteiger partial charge in [0.1, 0.15) is 24.3 Å². The van der Waals surface area contributed by atoms with Crippen molar-refractivity contribution < 1.29 is 0 Å². The van der Waals surface area contributed by atoms with Crippen LogP contribution < -0.4 is 4.90 Å². The van der Waals surface area contributed by atoms with E-state index < -0.39 is 0 Å². The van der Waals surface area contributed by atoms with Crippen LogP contribution in [0.1, 0.15) is 25.7 Å². The van der Waals surface area contributed by atoms with E-state index in [9.17, 15) is 0 Å². The predicted octanol–water partition coefficient (Wildman–Crippen LogP) is 2.04. The summed E-state index contributed by atoms with van der Waals surface area (Å²) in [6.07, 6.45) is 12.2. The van der Waals surface area contributed by atoms with Crippen LogP contribution in [0.25, 0.3) is 5.82 Å². The fourth-order valence-corrected chi connectivity index (χ4v) is 2.35. The molecule has 94 valence electrons. The first-order valence-electron chi connectivity index (χ1n) is 6.49. The number of anilines is 1. The maximum absolute atomic E-state index is 4.40. The molecule has 3 rings (SSSR count). The van der Waals surface area contributed by atoms with E-state index in [4.69, 9.17) is 0 Å². The van der Waals surface area contributed by atoms with Gasteiger partial charge >= 0.3 is 0 Å². The van der Waals surface area contributed by atoms with Crippen molar-refractivity contribution in [3.05, 3.63) is 31.1 Å². The average Bonchev–Trinajstić information content (AvgIpc) is 2.82. The van der Waals surface area contributed by atoms with Crippen LogP contribution in [-0.2, 0) is 0 Å². The number of imidazole rings is 1. The molecule has 1 aliphatic heterocycles. The Kier molecular flexibility index (Phi) is 3.21. The van der Waals surface area contributed by atoms with E-state index >= 15 is 0 Å². The van der Waals surface area contributed by atoms with E-state index in [-0.39, 0.29) is 0 Å². The third kappa shape index (κ3) is 2.34. The topological polar surface area (TPSA) is 46.8 Å². The molecule has 3 heterocycles.